The molecule has 2 N–H and O–H groups in total. The lowest BCUT2D eigenvalue weighted by atomic mass is 10.0. The molecule has 1 aromatic heterocycles. The molecule has 5 rings (SSSR count). The number of halogens is 3. The lowest BCUT2D eigenvalue weighted by Crippen LogP contribution is -2.63. The molecule has 2 amide bonds. The minimum Gasteiger partial charge on any atom is -0.317 e. The van der Waals surface area contributed by atoms with Crippen molar-refractivity contribution in [3.05, 3.63) is 48.0 Å². The van der Waals surface area contributed by atoms with Crippen molar-refractivity contribution < 1.29 is 22.8 Å². The molecule has 0 spiro atoms. The Kier molecular flexibility index (Phi) is 5.37. The first-order chi connectivity index (χ1) is 16.2. The van der Waals surface area contributed by atoms with Gasteiger partial charge in [-0.15, -0.1) is 0 Å². The fourth-order valence-electron chi connectivity index (χ4n) is 5.12. The zero-order chi connectivity index (χ0) is 24.1. The molecule has 1 saturated carbocycles. The van der Waals surface area contributed by atoms with E-state index in [9.17, 15) is 22.8 Å². The van der Waals surface area contributed by atoms with Gasteiger partial charge in [0.05, 0.1) is 11.0 Å². The first kappa shape index (κ1) is 22.4. The molecule has 9 heteroatoms. The van der Waals surface area contributed by atoms with E-state index in [4.69, 9.17) is 0 Å². The number of amides is 2. The average molecular weight is 470 g/mol. The van der Waals surface area contributed by atoms with Gasteiger partial charge in [0.2, 0.25) is 11.9 Å². The summed E-state index contributed by atoms with van der Waals surface area (Å²) in [4.78, 5) is 29.8. The van der Waals surface area contributed by atoms with E-state index in [1.165, 1.54) is 6.07 Å². The largest absolute Gasteiger partial charge is 0.440 e. The number of carbonyl (C=O) groups is 2. The summed E-state index contributed by atoms with van der Waals surface area (Å²) in [5.74, 6) is -2.07. The van der Waals surface area contributed by atoms with Crippen molar-refractivity contribution in [3.63, 3.8) is 0 Å². The molecule has 34 heavy (non-hydrogen) atoms. The zero-order valence-corrected chi connectivity index (χ0v) is 18.7. The topological polar surface area (TPSA) is 76.0 Å². The van der Waals surface area contributed by atoms with E-state index in [0.717, 1.165) is 41.4 Å². The Labute approximate surface area is 194 Å². The quantitative estimate of drug-likeness (QED) is 0.534. The van der Waals surface area contributed by atoms with Crippen molar-refractivity contribution in [1.29, 1.82) is 0 Å². The van der Waals surface area contributed by atoms with Crippen LogP contribution in [0.4, 0.5) is 19.1 Å². The number of imidazole rings is 1. The first-order valence-corrected chi connectivity index (χ1v) is 11.5. The Morgan fingerprint density at radius 3 is 2.56 bits per heavy atom. The van der Waals surface area contributed by atoms with Gasteiger partial charge in [-0.3, -0.25) is 19.5 Å². The van der Waals surface area contributed by atoms with Gasteiger partial charge in [0.25, 0.3) is 11.6 Å². The van der Waals surface area contributed by atoms with E-state index in [2.05, 4.69) is 15.6 Å². The fourth-order valence-corrected chi connectivity index (χ4v) is 5.12. The van der Waals surface area contributed by atoms with Crippen molar-refractivity contribution in [2.75, 3.05) is 5.32 Å². The van der Waals surface area contributed by atoms with Gasteiger partial charge in [0.1, 0.15) is 0 Å². The monoisotopic (exact) mass is 470 g/mol. The molecule has 0 radical (unpaired) electrons. The van der Waals surface area contributed by atoms with Crippen LogP contribution in [0.15, 0.2) is 42.5 Å². The Balaban J connectivity index is 1.57. The number of para-hydroxylation sites is 1. The van der Waals surface area contributed by atoms with E-state index in [1.54, 1.807) is 12.1 Å². The molecule has 1 atom stereocenters. The number of nitrogens with one attached hydrogen (secondary N) is 2. The van der Waals surface area contributed by atoms with Crippen LogP contribution in [0.25, 0.3) is 22.2 Å². The van der Waals surface area contributed by atoms with Crippen molar-refractivity contribution >= 4 is 28.8 Å². The van der Waals surface area contributed by atoms with Crippen LogP contribution in [0.5, 0.6) is 0 Å². The van der Waals surface area contributed by atoms with Gasteiger partial charge in [-0.05, 0) is 30.9 Å². The first-order valence-electron chi connectivity index (χ1n) is 11.5. The van der Waals surface area contributed by atoms with Crippen LogP contribution < -0.4 is 10.6 Å². The Morgan fingerprint density at radius 1 is 1.18 bits per heavy atom. The van der Waals surface area contributed by atoms with E-state index in [-0.39, 0.29) is 17.9 Å². The number of carbonyl (C=O) groups excluding carboxylic acids is 2. The van der Waals surface area contributed by atoms with Crippen LogP contribution in [-0.4, -0.2) is 27.5 Å². The second-order valence-electron chi connectivity index (χ2n) is 9.21. The SMILES string of the molecule is Cc1ccc(-c2cccc3c2nc2n3C(NC(=O)CCC3CCCC3)(C(F)(F)F)C(=O)N2)cc1. The molecular weight excluding hydrogens is 445 g/mol. The highest BCUT2D eigenvalue weighted by Crippen LogP contribution is 2.45. The number of aromatic nitrogens is 2. The standard InChI is InChI=1S/C25H25F3N4O2/c1-15-9-12-17(13-10-15)18-7-4-8-19-21(18)29-23-30-22(34)24(32(19)23,25(26,27)28)31-20(33)14-11-16-5-2-3-6-16/h4,7-10,12-13,16H,2-3,5-6,11,14H2,1H3,(H,31,33)(H,29,30,34). The second kappa shape index (κ2) is 8.14. The van der Waals surface area contributed by atoms with E-state index in [0.29, 0.717) is 23.4 Å². The minimum atomic E-state index is -5.08. The number of hydrogen-bond acceptors (Lipinski definition) is 3. The molecule has 1 aliphatic heterocycles. The zero-order valence-electron chi connectivity index (χ0n) is 18.7. The number of benzene rings is 2. The summed E-state index contributed by atoms with van der Waals surface area (Å²) in [7, 11) is 0. The van der Waals surface area contributed by atoms with Gasteiger partial charge < -0.3 is 5.32 Å². The van der Waals surface area contributed by atoms with Crippen molar-refractivity contribution in [1.82, 2.24) is 14.9 Å². The molecule has 2 aliphatic rings. The van der Waals surface area contributed by atoms with Crippen LogP contribution in [-0.2, 0) is 15.3 Å². The number of anilines is 1. The summed E-state index contributed by atoms with van der Waals surface area (Å²) in [6.45, 7) is 1.94. The minimum absolute atomic E-state index is 0.0631. The maximum absolute atomic E-state index is 14.6. The number of fused-ring (bicyclic) bond motifs is 3. The second-order valence-corrected chi connectivity index (χ2v) is 9.21. The van der Waals surface area contributed by atoms with Crippen LogP contribution in [0.2, 0.25) is 0 Å². The summed E-state index contributed by atoms with van der Waals surface area (Å²) in [5.41, 5.74) is -0.354. The molecule has 1 aliphatic carbocycles. The molecule has 2 heterocycles. The summed E-state index contributed by atoms with van der Waals surface area (Å²) in [6.07, 6.45) is -0.516. The third kappa shape index (κ3) is 3.54. The van der Waals surface area contributed by atoms with Gasteiger partial charge >= 0.3 is 6.18 Å². The molecule has 1 unspecified atom stereocenters. The van der Waals surface area contributed by atoms with Crippen molar-refractivity contribution in [2.24, 2.45) is 5.92 Å². The Morgan fingerprint density at radius 2 is 1.88 bits per heavy atom. The lowest BCUT2D eigenvalue weighted by molar-refractivity contribution is -0.217. The van der Waals surface area contributed by atoms with Crippen molar-refractivity contribution in [3.8, 4) is 11.1 Å². The summed E-state index contributed by atoms with van der Waals surface area (Å²) < 4.78 is 44.6. The molecule has 178 valence electrons. The van der Waals surface area contributed by atoms with Gasteiger partial charge in [-0.1, -0.05) is 67.6 Å². The highest BCUT2D eigenvalue weighted by Gasteiger charge is 2.67. The summed E-state index contributed by atoms with van der Waals surface area (Å²) >= 11 is 0. The Hall–Kier alpha value is -3.36. The lowest BCUT2D eigenvalue weighted by Gasteiger charge is -2.32. The predicted octanol–water partition coefficient (Wildman–Crippen LogP) is 5.27. The number of rotatable bonds is 5. The van der Waals surface area contributed by atoms with Crippen LogP contribution in [0.3, 0.4) is 0 Å². The maximum atomic E-state index is 14.6. The van der Waals surface area contributed by atoms with E-state index >= 15 is 0 Å². The average Bonchev–Trinajstić information content (AvgIpc) is 3.49. The van der Waals surface area contributed by atoms with Crippen LogP contribution in [0.1, 0.15) is 44.1 Å². The predicted molar refractivity (Wildman–Crippen MR) is 122 cm³/mol. The number of alkyl halides is 3. The third-order valence-corrected chi connectivity index (χ3v) is 6.92. The van der Waals surface area contributed by atoms with Gasteiger partial charge in [-0.25, -0.2) is 4.98 Å². The molecule has 0 saturated heterocycles. The van der Waals surface area contributed by atoms with Crippen LogP contribution >= 0.6 is 0 Å². The van der Waals surface area contributed by atoms with Gasteiger partial charge in [0, 0.05) is 12.0 Å². The van der Waals surface area contributed by atoms with Crippen molar-refractivity contribution in [2.45, 2.75) is 57.3 Å². The maximum Gasteiger partial charge on any atom is 0.440 e. The normalized spacial score (nSPS) is 20.5. The smallest absolute Gasteiger partial charge is 0.317 e. The molecule has 3 aromatic rings. The van der Waals surface area contributed by atoms with E-state index in [1.807, 2.05) is 31.2 Å². The number of hydrogen-bond donors (Lipinski definition) is 2. The summed E-state index contributed by atoms with van der Waals surface area (Å²) in [5, 5.41) is 4.31. The highest BCUT2D eigenvalue weighted by molar-refractivity contribution is 6.06. The summed E-state index contributed by atoms with van der Waals surface area (Å²) in [6, 6.07) is 12.4. The van der Waals surface area contributed by atoms with Gasteiger partial charge in [0.15, 0.2) is 0 Å². The Bertz CT molecular complexity index is 1260. The molecular formula is C25H25F3N4O2. The molecule has 0 bridgehead atoms. The molecule has 1 fully saturated rings. The third-order valence-electron chi connectivity index (χ3n) is 6.92. The van der Waals surface area contributed by atoms with Crippen LogP contribution in [0, 0.1) is 12.8 Å². The van der Waals surface area contributed by atoms with Gasteiger partial charge in [-0.2, -0.15) is 13.2 Å². The highest BCUT2D eigenvalue weighted by atomic mass is 19.4. The van der Waals surface area contributed by atoms with E-state index < -0.39 is 23.7 Å². The number of nitrogens with zero attached hydrogens (tertiary/aromatic N) is 2. The fraction of sp³-hybridized carbons (Fsp3) is 0.400. The molecule has 2 aromatic carbocycles. The number of aryl methyl sites for hydroxylation is 1. The molecule has 6 nitrogen and oxygen atoms in total.